The second-order valence-corrected chi connectivity index (χ2v) is 4.64. The van der Waals surface area contributed by atoms with Crippen molar-refractivity contribution in [1.29, 1.82) is 0 Å². The van der Waals surface area contributed by atoms with Crippen molar-refractivity contribution in [1.82, 2.24) is 19.9 Å². The Morgan fingerprint density at radius 3 is 2.93 bits per heavy atom. The minimum absolute atomic E-state index is 0.671. The van der Waals surface area contributed by atoms with Crippen LogP contribution >= 0.6 is 22.9 Å². The molecule has 6 heteroatoms. The van der Waals surface area contributed by atoms with Gasteiger partial charge in [-0.15, -0.1) is 11.3 Å². The lowest BCUT2D eigenvalue weighted by molar-refractivity contribution is 1.21. The summed E-state index contributed by atoms with van der Waals surface area (Å²) in [5, 5.41) is 0. The minimum Gasteiger partial charge on any atom is -0.341 e. The second-order valence-electron chi connectivity index (χ2n) is 2.93. The van der Waals surface area contributed by atoms with Crippen molar-refractivity contribution < 1.29 is 0 Å². The van der Waals surface area contributed by atoms with Crippen LogP contribution in [0, 0.1) is 0 Å². The highest BCUT2D eigenvalue weighted by molar-refractivity contribution is 7.19. The first-order valence-electron chi connectivity index (χ1n) is 4.24. The van der Waals surface area contributed by atoms with Crippen LogP contribution in [0.25, 0.3) is 21.7 Å². The minimum atomic E-state index is 0.671. The predicted octanol–water partition coefficient (Wildman–Crippen LogP) is 2.73. The number of halogens is 1. The highest BCUT2D eigenvalue weighted by Gasteiger charge is 2.09. The van der Waals surface area contributed by atoms with Crippen LogP contribution in [0.1, 0.15) is 0 Å². The Bertz CT molecular complexity index is 615. The Labute approximate surface area is 94.0 Å². The molecule has 0 unspecified atom stereocenters. The third-order valence-electron chi connectivity index (χ3n) is 2.03. The predicted molar refractivity (Wildman–Crippen MR) is 60.0 cm³/mol. The Kier molecular flexibility index (Phi) is 1.93. The van der Waals surface area contributed by atoms with Gasteiger partial charge in [-0.05, 0) is 12.1 Å². The number of hydrogen-bond donors (Lipinski definition) is 1. The molecular weight excluding hydrogens is 232 g/mol. The smallest absolute Gasteiger partial charge is 0.181 e. The first kappa shape index (κ1) is 8.82. The molecule has 74 valence electrons. The lowest BCUT2D eigenvalue weighted by Gasteiger charge is -1.96. The summed E-state index contributed by atoms with van der Waals surface area (Å²) in [5.74, 6) is 0. The molecule has 0 aliphatic carbocycles. The van der Waals surface area contributed by atoms with Crippen molar-refractivity contribution in [3.05, 3.63) is 29.1 Å². The molecule has 0 aromatic carbocycles. The molecule has 0 fully saturated rings. The van der Waals surface area contributed by atoms with Crippen LogP contribution in [0.2, 0.25) is 4.34 Å². The molecule has 0 aliphatic rings. The van der Waals surface area contributed by atoms with E-state index in [-0.39, 0.29) is 0 Å². The summed E-state index contributed by atoms with van der Waals surface area (Å²) in [6.07, 6.45) is 3.12. The van der Waals surface area contributed by atoms with E-state index in [0.29, 0.717) is 5.65 Å². The highest BCUT2D eigenvalue weighted by atomic mass is 35.5. The summed E-state index contributed by atoms with van der Waals surface area (Å²) in [4.78, 5) is 16.4. The van der Waals surface area contributed by atoms with Crippen molar-refractivity contribution in [3.63, 3.8) is 0 Å². The number of rotatable bonds is 1. The zero-order valence-corrected chi connectivity index (χ0v) is 9.01. The van der Waals surface area contributed by atoms with E-state index in [9.17, 15) is 0 Å². The lowest BCUT2D eigenvalue weighted by Crippen LogP contribution is -1.85. The van der Waals surface area contributed by atoms with Crippen LogP contribution in [0.4, 0.5) is 0 Å². The van der Waals surface area contributed by atoms with E-state index < -0.39 is 0 Å². The van der Waals surface area contributed by atoms with E-state index in [1.54, 1.807) is 6.33 Å². The number of aromatic nitrogens is 4. The molecule has 1 N–H and O–H groups in total. The molecule has 0 spiro atoms. The number of fused-ring (bicyclic) bond motifs is 1. The fourth-order valence-electron chi connectivity index (χ4n) is 1.39. The van der Waals surface area contributed by atoms with Gasteiger partial charge in [0.05, 0.1) is 15.5 Å². The highest BCUT2D eigenvalue weighted by Crippen LogP contribution is 2.32. The fourth-order valence-corrected chi connectivity index (χ4v) is 2.44. The van der Waals surface area contributed by atoms with E-state index in [4.69, 9.17) is 11.6 Å². The van der Waals surface area contributed by atoms with Crippen LogP contribution in [0.5, 0.6) is 0 Å². The van der Waals surface area contributed by atoms with E-state index in [1.165, 1.54) is 17.7 Å². The van der Waals surface area contributed by atoms with E-state index in [1.807, 2.05) is 12.1 Å². The summed E-state index contributed by atoms with van der Waals surface area (Å²) >= 11 is 7.37. The van der Waals surface area contributed by atoms with Gasteiger partial charge in [0, 0.05) is 0 Å². The zero-order valence-electron chi connectivity index (χ0n) is 7.44. The standard InChI is InChI=1S/C9H5ClN4S/c10-6-2-1-5(15-6)7-8-9(13-3-11-7)14-4-12-8/h1-4H,(H,11,12,13,14). The van der Waals surface area contributed by atoms with Gasteiger partial charge in [0.1, 0.15) is 17.5 Å². The molecule has 0 bridgehead atoms. The molecule has 4 nitrogen and oxygen atoms in total. The average Bonchev–Trinajstić information content (AvgIpc) is 2.84. The number of imidazole rings is 1. The summed E-state index contributed by atoms with van der Waals surface area (Å²) in [5.41, 5.74) is 2.36. The number of nitrogens with zero attached hydrogens (tertiary/aromatic N) is 3. The van der Waals surface area contributed by atoms with Crippen molar-refractivity contribution >= 4 is 34.1 Å². The molecular formula is C9H5ClN4S. The van der Waals surface area contributed by atoms with Crippen LogP contribution in [0.15, 0.2) is 24.8 Å². The van der Waals surface area contributed by atoms with E-state index in [0.717, 1.165) is 20.4 Å². The van der Waals surface area contributed by atoms with Gasteiger partial charge in [-0.25, -0.2) is 15.0 Å². The van der Waals surface area contributed by atoms with Gasteiger partial charge >= 0.3 is 0 Å². The SMILES string of the molecule is Clc1ccc(-c2ncnc3nc[nH]c23)s1. The second kappa shape index (κ2) is 3.29. The maximum atomic E-state index is 5.88. The van der Waals surface area contributed by atoms with Gasteiger partial charge in [-0.3, -0.25) is 0 Å². The third-order valence-corrected chi connectivity index (χ3v) is 3.27. The summed E-state index contributed by atoms with van der Waals surface area (Å²) in [7, 11) is 0. The van der Waals surface area contributed by atoms with Crippen LogP contribution < -0.4 is 0 Å². The molecule has 0 aliphatic heterocycles. The summed E-state index contributed by atoms with van der Waals surface area (Å²) < 4.78 is 0.747. The molecule has 3 rings (SSSR count). The van der Waals surface area contributed by atoms with Crippen molar-refractivity contribution in [2.75, 3.05) is 0 Å². The normalized spacial score (nSPS) is 11.0. The molecule has 3 aromatic rings. The van der Waals surface area contributed by atoms with Crippen LogP contribution in [0.3, 0.4) is 0 Å². The van der Waals surface area contributed by atoms with Gasteiger partial charge in [-0.1, -0.05) is 11.6 Å². The average molecular weight is 237 g/mol. The Hall–Kier alpha value is -1.46. The quantitative estimate of drug-likeness (QED) is 0.707. The van der Waals surface area contributed by atoms with Gasteiger partial charge in [0.15, 0.2) is 5.65 Å². The third kappa shape index (κ3) is 1.40. The van der Waals surface area contributed by atoms with E-state index in [2.05, 4.69) is 19.9 Å². The molecule has 0 saturated carbocycles. The number of thiophene rings is 1. The van der Waals surface area contributed by atoms with Crippen molar-refractivity contribution in [3.8, 4) is 10.6 Å². The zero-order chi connectivity index (χ0) is 10.3. The molecule has 3 heterocycles. The van der Waals surface area contributed by atoms with Crippen LogP contribution in [-0.2, 0) is 0 Å². The number of aromatic amines is 1. The largest absolute Gasteiger partial charge is 0.341 e. The van der Waals surface area contributed by atoms with Crippen LogP contribution in [-0.4, -0.2) is 19.9 Å². The molecule has 0 amide bonds. The number of H-pyrrole nitrogens is 1. The van der Waals surface area contributed by atoms with Gasteiger partial charge < -0.3 is 4.98 Å². The molecule has 3 aromatic heterocycles. The Morgan fingerprint density at radius 1 is 1.20 bits per heavy atom. The number of hydrogen-bond acceptors (Lipinski definition) is 4. The summed E-state index contributed by atoms with van der Waals surface area (Å²) in [6, 6.07) is 3.79. The first-order chi connectivity index (χ1) is 7.34. The van der Waals surface area contributed by atoms with Gasteiger partial charge in [0.2, 0.25) is 0 Å². The van der Waals surface area contributed by atoms with Gasteiger partial charge in [-0.2, -0.15) is 0 Å². The maximum absolute atomic E-state index is 5.88. The summed E-state index contributed by atoms with van der Waals surface area (Å²) in [6.45, 7) is 0. The lowest BCUT2D eigenvalue weighted by atomic mass is 10.3. The molecule has 0 saturated heterocycles. The molecule has 0 atom stereocenters. The maximum Gasteiger partial charge on any atom is 0.181 e. The Balaban J connectivity index is 2.30. The van der Waals surface area contributed by atoms with Gasteiger partial charge in [0.25, 0.3) is 0 Å². The molecule has 0 radical (unpaired) electrons. The fraction of sp³-hybridized carbons (Fsp3) is 0. The molecule has 15 heavy (non-hydrogen) atoms. The van der Waals surface area contributed by atoms with E-state index >= 15 is 0 Å². The van der Waals surface area contributed by atoms with Crippen molar-refractivity contribution in [2.24, 2.45) is 0 Å². The first-order valence-corrected chi connectivity index (χ1v) is 5.44. The Morgan fingerprint density at radius 2 is 2.13 bits per heavy atom. The van der Waals surface area contributed by atoms with Crippen molar-refractivity contribution in [2.45, 2.75) is 0 Å². The number of nitrogens with one attached hydrogen (secondary N) is 1. The monoisotopic (exact) mass is 236 g/mol. The topological polar surface area (TPSA) is 54.5 Å².